The Kier molecular flexibility index (Phi) is 7.02. The monoisotopic (exact) mass is 460 g/mol. The second kappa shape index (κ2) is 9.49. The molecular formula is C26H40N2O5. The molecule has 0 bridgehead atoms. The van der Waals surface area contributed by atoms with Crippen LogP contribution >= 0.6 is 0 Å². The van der Waals surface area contributed by atoms with Gasteiger partial charge < -0.3 is 19.3 Å². The molecule has 4 rings (SSSR count). The minimum atomic E-state index is -1.23. The van der Waals surface area contributed by atoms with Crippen LogP contribution in [0.5, 0.6) is 0 Å². The molecule has 8 unspecified atom stereocenters. The van der Waals surface area contributed by atoms with Gasteiger partial charge in [0.15, 0.2) is 11.5 Å². The predicted octanol–water partition coefficient (Wildman–Crippen LogP) is 2.89. The molecule has 184 valence electrons. The van der Waals surface area contributed by atoms with Gasteiger partial charge in [0.05, 0.1) is 5.92 Å². The molecule has 0 aromatic heterocycles. The summed E-state index contributed by atoms with van der Waals surface area (Å²) in [4.78, 5) is 44.8. The summed E-state index contributed by atoms with van der Waals surface area (Å²) in [6.07, 6.45) is 8.63. The zero-order valence-electron chi connectivity index (χ0n) is 20.8. The molecule has 2 aliphatic carbocycles. The highest BCUT2D eigenvalue weighted by Crippen LogP contribution is 2.52. The lowest BCUT2D eigenvalue weighted by atomic mass is 9.62. The van der Waals surface area contributed by atoms with Crippen LogP contribution in [0.15, 0.2) is 12.2 Å². The largest absolute Gasteiger partial charge is 0.375 e. The number of carbonyl (C=O) groups is 3. The van der Waals surface area contributed by atoms with Crippen LogP contribution in [-0.4, -0.2) is 73.1 Å². The van der Waals surface area contributed by atoms with Crippen LogP contribution in [0.25, 0.3) is 0 Å². The van der Waals surface area contributed by atoms with Gasteiger partial charge in [-0.05, 0) is 50.9 Å². The fraction of sp³-hybridized carbons (Fsp3) is 0.808. The molecule has 0 aromatic carbocycles. The molecule has 0 radical (unpaired) electrons. The molecule has 2 heterocycles. The Morgan fingerprint density at radius 3 is 2.45 bits per heavy atom. The minimum absolute atomic E-state index is 0.0273. The van der Waals surface area contributed by atoms with Crippen LogP contribution in [0, 0.1) is 35.5 Å². The Morgan fingerprint density at radius 1 is 1.12 bits per heavy atom. The number of fused-ring (bicyclic) bond motifs is 2. The Labute approximate surface area is 197 Å². The topological polar surface area (TPSA) is 76.2 Å². The first-order valence-corrected chi connectivity index (χ1v) is 12.8. The van der Waals surface area contributed by atoms with Crippen molar-refractivity contribution in [3.05, 3.63) is 12.2 Å². The van der Waals surface area contributed by atoms with Crippen molar-refractivity contribution < 1.29 is 23.9 Å². The van der Waals surface area contributed by atoms with E-state index in [1.54, 1.807) is 9.80 Å². The lowest BCUT2D eigenvalue weighted by molar-refractivity contribution is -0.194. The molecule has 8 atom stereocenters. The summed E-state index contributed by atoms with van der Waals surface area (Å²) < 4.78 is 12.0. The summed E-state index contributed by atoms with van der Waals surface area (Å²) in [5, 5.41) is 0. The lowest BCUT2D eigenvalue weighted by Gasteiger charge is -2.42. The summed E-state index contributed by atoms with van der Waals surface area (Å²) in [7, 11) is 3.07. The Balaban J connectivity index is 1.69. The van der Waals surface area contributed by atoms with E-state index in [4.69, 9.17) is 9.47 Å². The Bertz CT molecular complexity index is 809. The number of hydrogen-bond donors (Lipinski definition) is 0. The first kappa shape index (κ1) is 24.4. The number of nitrogens with zero attached hydrogens (tertiary/aromatic N) is 2. The number of Topliss-reactive ketones (excluding diaryl/α,β-unsaturated/α-hetero) is 1. The van der Waals surface area contributed by atoms with E-state index in [0.717, 1.165) is 19.3 Å². The van der Waals surface area contributed by atoms with Crippen molar-refractivity contribution >= 4 is 17.6 Å². The van der Waals surface area contributed by atoms with E-state index in [0.29, 0.717) is 32.0 Å². The average Bonchev–Trinajstić information content (AvgIpc) is 3.32. The van der Waals surface area contributed by atoms with E-state index in [1.165, 1.54) is 20.6 Å². The lowest BCUT2D eigenvalue weighted by Crippen LogP contribution is -2.58. The first-order valence-electron chi connectivity index (χ1n) is 12.8. The molecule has 33 heavy (non-hydrogen) atoms. The maximum atomic E-state index is 14.1. The number of methoxy groups -OCH3 is 2. The molecule has 0 spiro atoms. The molecule has 4 aliphatic rings. The number of ketones is 1. The maximum absolute atomic E-state index is 14.1. The van der Waals surface area contributed by atoms with Gasteiger partial charge in [-0.15, -0.1) is 0 Å². The van der Waals surface area contributed by atoms with Crippen LogP contribution in [0.3, 0.4) is 0 Å². The third-order valence-electron chi connectivity index (χ3n) is 8.96. The molecule has 1 saturated carbocycles. The minimum Gasteiger partial charge on any atom is -0.375 e. The molecular weight excluding hydrogens is 420 g/mol. The number of ether oxygens (including phenoxy) is 2. The van der Waals surface area contributed by atoms with Crippen LogP contribution in [0.2, 0.25) is 0 Å². The summed E-state index contributed by atoms with van der Waals surface area (Å²) >= 11 is 0. The number of rotatable bonds is 7. The second-order valence-electron chi connectivity index (χ2n) is 10.2. The van der Waals surface area contributed by atoms with E-state index < -0.39 is 23.7 Å². The van der Waals surface area contributed by atoms with E-state index in [2.05, 4.69) is 19.1 Å². The van der Waals surface area contributed by atoms with Crippen molar-refractivity contribution in [2.75, 3.05) is 33.9 Å². The zero-order chi connectivity index (χ0) is 23.9. The highest BCUT2D eigenvalue weighted by molar-refractivity contribution is 6.06. The van der Waals surface area contributed by atoms with Crippen LogP contribution in [-0.2, 0) is 23.9 Å². The number of allylic oxidation sites excluding steroid dienone is 2. The average molecular weight is 461 g/mol. The summed E-state index contributed by atoms with van der Waals surface area (Å²) in [5.74, 6) is -1.19. The predicted molar refractivity (Wildman–Crippen MR) is 124 cm³/mol. The van der Waals surface area contributed by atoms with Crippen LogP contribution in [0.1, 0.15) is 52.9 Å². The summed E-state index contributed by atoms with van der Waals surface area (Å²) in [5.41, 5.74) is -1.23. The summed E-state index contributed by atoms with van der Waals surface area (Å²) in [6.45, 7) is 7.58. The van der Waals surface area contributed by atoms with E-state index in [9.17, 15) is 14.4 Å². The zero-order valence-corrected chi connectivity index (χ0v) is 20.8. The van der Waals surface area contributed by atoms with E-state index in [1.807, 2.05) is 13.8 Å². The Hall–Kier alpha value is -1.73. The quantitative estimate of drug-likeness (QED) is 0.431. The third-order valence-corrected chi connectivity index (χ3v) is 8.96. The smallest absolute Gasteiger partial charge is 0.238 e. The third kappa shape index (κ3) is 3.57. The molecule has 7 nitrogen and oxygen atoms in total. The highest BCUT2D eigenvalue weighted by atomic mass is 16.6. The molecule has 2 amide bonds. The highest BCUT2D eigenvalue weighted by Gasteiger charge is 2.70. The van der Waals surface area contributed by atoms with Gasteiger partial charge in [0.1, 0.15) is 12.0 Å². The molecule has 2 saturated heterocycles. The number of carbonyl (C=O) groups excluding carboxylic acids is 3. The molecule has 0 N–H and O–H groups in total. The first-order chi connectivity index (χ1) is 15.9. The molecule has 7 heteroatoms. The fourth-order valence-electron chi connectivity index (χ4n) is 7.38. The maximum Gasteiger partial charge on any atom is 0.238 e. The van der Waals surface area contributed by atoms with Crippen molar-refractivity contribution in [2.45, 2.75) is 64.7 Å². The van der Waals surface area contributed by atoms with Gasteiger partial charge in [0.2, 0.25) is 11.8 Å². The number of amides is 2. The second-order valence-corrected chi connectivity index (χ2v) is 10.2. The van der Waals surface area contributed by atoms with Crippen molar-refractivity contribution in [2.24, 2.45) is 35.5 Å². The van der Waals surface area contributed by atoms with Crippen molar-refractivity contribution in [3.8, 4) is 0 Å². The Morgan fingerprint density at radius 2 is 1.82 bits per heavy atom. The SMILES string of the molecule is CCN(CC)C(=O)C1CCN2C(=O)C(C(=O)C3C(C)C=CC4CCCCC43)C(OC)C12OC. The van der Waals surface area contributed by atoms with Crippen molar-refractivity contribution in [1.29, 1.82) is 0 Å². The fourth-order valence-corrected chi connectivity index (χ4v) is 7.38. The van der Waals surface area contributed by atoms with Crippen LogP contribution in [0.4, 0.5) is 0 Å². The van der Waals surface area contributed by atoms with Gasteiger partial charge in [0.25, 0.3) is 0 Å². The molecule has 0 aromatic rings. The van der Waals surface area contributed by atoms with Gasteiger partial charge in [-0.2, -0.15) is 0 Å². The summed E-state index contributed by atoms with van der Waals surface area (Å²) in [6, 6.07) is 0. The molecule has 2 aliphatic heterocycles. The molecule has 3 fully saturated rings. The van der Waals surface area contributed by atoms with Gasteiger partial charge in [-0.3, -0.25) is 14.4 Å². The van der Waals surface area contributed by atoms with Crippen LogP contribution < -0.4 is 0 Å². The van der Waals surface area contributed by atoms with Crippen molar-refractivity contribution in [3.63, 3.8) is 0 Å². The number of hydrogen-bond acceptors (Lipinski definition) is 5. The van der Waals surface area contributed by atoms with E-state index in [-0.39, 0.29) is 35.4 Å². The van der Waals surface area contributed by atoms with Gasteiger partial charge >= 0.3 is 0 Å². The normalized spacial score (nSPS) is 40.0. The van der Waals surface area contributed by atoms with E-state index >= 15 is 0 Å². The van der Waals surface area contributed by atoms with Crippen molar-refractivity contribution in [1.82, 2.24) is 9.80 Å². The van der Waals surface area contributed by atoms with Gasteiger partial charge in [-0.1, -0.05) is 31.9 Å². The van der Waals surface area contributed by atoms with Gasteiger partial charge in [0, 0.05) is 39.8 Å². The standard InChI is InChI=1S/C26H40N2O5/c1-6-27(7-2)24(30)19-14-15-28-25(31)21(23(32-4)26(19,28)33-5)22(29)20-16(3)12-13-17-10-8-9-11-18(17)20/h12-13,16-21,23H,6-11,14-15H2,1-5H3. The van der Waals surface area contributed by atoms with Gasteiger partial charge in [-0.25, -0.2) is 0 Å².